The van der Waals surface area contributed by atoms with Gasteiger partial charge in [-0.2, -0.15) is 0 Å². The first-order valence-electron chi connectivity index (χ1n) is 11.9. The molecular formula is C26H31N3O2S. The van der Waals surface area contributed by atoms with E-state index >= 15 is 0 Å². The summed E-state index contributed by atoms with van der Waals surface area (Å²) in [4.78, 5) is 37.4. The summed E-state index contributed by atoms with van der Waals surface area (Å²) in [6, 6.07) is 10.6. The zero-order valence-electron chi connectivity index (χ0n) is 18.7. The molecule has 1 N–H and O–H groups in total. The molecule has 1 aliphatic carbocycles. The lowest BCUT2D eigenvalue weighted by Gasteiger charge is -2.32. The summed E-state index contributed by atoms with van der Waals surface area (Å²) < 4.78 is 0. The van der Waals surface area contributed by atoms with Crippen molar-refractivity contribution in [3.8, 4) is 0 Å². The van der Waals surface area contributed by atoms with Gasteiger partial charge in [-0.05, 0) is 61.5 Å². The largest absolute Gasteiger partial charge is 0.343 e. The zero-order valence-corrected chi connectivity index (χ0v) is 19.5. The third kappa shape index (κ3) is 4.51. The van der Waals surface area contributed by atoms with Crippen LogP contribution in [0.25, 0.3) is 10.2 Å². The summed E-state index contributed by atoms with van der Waals surface area (Å²) in [6.07, 6.45) is 7.26. The van der Waals surface area contributed by atoms with Crippen LogP contribution < -0.4 is 5.56 Å². The van der Waals surface area contributed by atoms with Gasteiger partial charge in [-0.1, -0.05) is 37.3 Å². The van der Waals surface area contributed by atoms with Gasteiger partial charge in [0.1, 0.15) is 10.7 Å². The van der Waals surface area contributed by atoms with Crippen LogP contribution in [0.2, 0.25) is 0 Å². The molecule has 168 valence electrons. The summed E-state index contributed by atoms with van der Waals surface area (Å²) in [6.45, 7) is 3.93. The summed E-state index contributed by atoms with van der Waals surface area (Å²) in [5, 5.41) is 0.785. The Labute approximate surface area is 192 Å². The first-order valence-corrected chi connectivity index (χ1v) is 12.7. The molecule has 5 rings (SSSR count). The maximum absolute atomic E-state index is 12.8. The number of amides is 1. The Kier molecular flexibility index (Phi) is 6.13. The van der Waals surface area contributed by atoms with Crippen LogP contribution in [0.1, 0.15) is 54.4 Å². The van der Waals surface area contributed by atoms with Crippen LogP contribution in [0.4, 0.5) is 0 Å². The summed E-state index contributed by atoms with van der Waals surface area (Å²) in [5.74, 6) is 2.13. The minimum atomic E-state index is -0.0359. The number of piperidine rings is 1. The number of nitrogens with one attached hydrogen (secondary N) is 1. The lowest BCUT2D eigenvalue weighted by atomic mass is 9.89. The summed E-state index contributed by atoms with van der Waals surface area (Å²) in [5.41, 5.74) is 2.55. The molecule has 1 atom stereocenters. The molecule has 3 heterocycles. The number of benzene rings is 1. The molecule has 1 unspecified atom stereocenters. The number of nitrogens with zero attached hydrogens (tertiary/aromatic N) is 2. The van der Waals surface area contributed by atoms with Crippen molar-refractivity contribution in [2.45, 2.75) is 58.3 Å². The van der Waals surface area contributed by atoms with Crippen LogP contribution in [0, 0.1) is 11.8 Å². The molecule has 32 heavy (non-hydrogen) atoms. The number of thiophene rings is 1. The summed E-state index contributed by atoms with van der Waals surface area (Å²) >= 11 is 1.67. The SMILES string of the molecule is CC1CCc2c(sc3nc(CCC(=O)N4CCC(Cc5ccccc5)CC4)[nH]c(=O)c23)C1. The number of carbonyl (C=O) groups excluding carboxylic acids is 1. The van der Waals surface area contributed by atoms with E-state index < -0.39 is 0 Å². The molecular weight excluding hydrogens is 418 g/mol. The van der Waals surface area contributed by atoms with E-state index in [1.807, 2.05) is 4.90 Å². The van der Waals surface area contributed by atoms with Crippen molar-refractivity contribution in [3.63, 3.8) is 0 Å². The van der Waals surface area contributed by atoms with Gasteiger partial charge in [-0.15, -0.1) is 11.3 Å². The van der Waals surface area contributed by atoms with Gasteiger partial charge in [0.05, 0.1) is 5.39 Å². The fourth-order valence-electron chi connectivity index (χ4n) is 5.23. The van der Waals surface area contributed by atoms with Crippen molar-refractivity contribution in [2.24, 2.45) is 11.8 Å². The molecule has 1 aliphatic heterocycles. The van der Waals surface area contributed by atoms with Crippen molar-refractivity contribution in [3.05, 3.63) is 62.5 Å². The average Bonchev–Trinajstić information content (AvgIpc) is 3.16. The second-order valence-corrected chi connectivity index (χ2v) is 10.6. The fourth-order valence-corrected chi connectivity index (χ4v) is 6.63. The highest BCUT2D eigenvalue weighted by atomic mass is 32.1. The Balaban J connectivity index is 1.18. The smallest absolute Gasteiger partial charge is 0.259 e. The topological polar surface area (TPSA) is 66.1 Å². The van der Waals surface area contributed by atoms with Crippen molar-refractivity contribution in [2.75, 3.05) is 13.1 Å². The van der Waals surface area contributed by atoms with Crippen molar-refractivity contribution < 1.29 is 4.79 Å². The number of hydrogen-bond acceptors (Lipinski definition) is 4. The van der Waals surface area contributed by atoms with Crippen molar-refractivity contribution in [1.29, 1.82) is 0 Å². The van der Waals surface area contributed by atoms with Crippen LogP contribution in [-0.2, 0) is 30.5 Å². The predicted octanol–water partition coefficient (Wildman–Crippen LogP) is 4.52. The number of carbonyl (C=O) groups is 1. The number of hydrogen-bond donors (Lipinski definition) is 1. The third-order valence-electron chi connectivity index (χ3n) is 7.12. The second kappa shape index (κ2) is 9.18. The molecule has 3 aromatic rings. The second-order valence-electron chi connectivity index (χ2n) is 9.56. The number of aromatic nitrogens is 2. The normalized spacial score (nSPS) is 19.3. The number of fused-ring (bicyclic) bond motifs is 3. The van der Waals surface area contributed by atoms with Gasteiger partial charge >= 0.3 is 0 Å². The standard InChI is InChI=1S/C26H31N3O2S/c1-17-7-8-20-21(15-17)32-26-24(20)25(31)27-22(28-26)9-10-23(30)29-13-11-19(12-14-29)16-18-5-3-2-4-6-18/h2-6,17,19H,7-16H2,1H3,(H,27,28,31). The van der Waals surface area contributed by atoms with Gasteiger partial charge in [0.2, 0.25) is 5.91 Å². The van der Waals surface area contributed by atoms with Gasteiger partial charge in [0, 0.05) is 30.8 Å². The lowest BCUT2D eigenvalue weighted by molar-refractivity contribution is -0.132. The fraction of sp³-hybridized carbons (Fsp3) is 0.500. The average molecular weight is 450 g/mol. The summed E-state index contributed by atoms with van der Waals surface area (Å²) in [7, 11) is 0. The molecule has 1 saturated heterocycles. The molecule has 6 heteroatoms. The molecule has 0 saturated carbocycles. The Morgan fingerprint density at radius 1 is 1.19 bits per heavy atom. The highest BCUT2D eigenvalue weighted by molar-refractivity contribution is 7.18. The van der Waals surface area contributed by atoms with Crippen LogP contribution in [0.3, 0.4) is 0 Å². The maximum atomic E-state index is 12.8. The van der Waals surface area contributed by atoms with Crippen LogP contribution >= 0.6 is 11.3 Å². The van der Waals surface area contributed by atoms with Crippen LogP contribution in [0.5, 0.6) is 0 Å². The highest BCUT2D eigenvalue weighted by Gasteiger charge is 2.25. The number of rotatable bonds is 5. The quantitative estimate of drug-likeness (QED) is 0.623. The number of H-pyrrole nitrogens is 1. The molecule has 0 spiro atoms. The Morgan fingerprint density at radius 2 is 1.97 bits per heavy atom. The zero-order chi connectivity index (χ0) is 22.1. The first-order chi connectivity index (χ1) is 15.6. The lowest BCUT2D eigenvalue weighted by Crippen LogP contribution is -2.39. The van der Waals surface area contributed by atoms with Gasteiger partial charge in [-0.3, -0.25) is 9.59 Å². The number of aryl methyl sites for hydroxylation is 2. The van der Waals surface area contributed by atoms with Gasteiger partial charge < -0.3 is 9.88 Å². The Morgan fingerprint density at radius 3 is 2.75 bits per heavy atom. The number of likely N-dealkylation sites (tertiary alicyclic amines) is 1. The van der Waals surface area contributed by atoms with Crippen molar-refractivity contribution >= 4 is 27.5 Å². The molecule has 5 nitrogen and oxygen atoms in total. The molecule has 0 radical (unpaired) electrons. The molecule has 2 aromatic heterocycles. The van der Waals surface area contributed by atoms with E-state index in [9.17, 15) is 9.59 Å². The third-order valence-corrected chi connectivity index (χ3v) is 8.27. The predicted molar refractivity (Wildman–Crippen MR) is 129 cm³/mol. The minimum absolute atomic E-state index is 0.0359. The first kappa shape index (κ1) is 21.4. The van der Waals surface area contributed by atoms with Gasteiger partial charge in [-0.25, -0.2) is 4.98 Å². The van der Waals surface area contributed by atoms with E-state index in [1.165, 1.54) is 16.0 Å². The highest BCUT2D eigenvalue weighted by Crippen LogP contribution is 2.35. The van der Waals surface area contributed by atoms with E-state index in [-0.39, 0.29) is 11.5 Å². The molecule has 1 fully saturated rings. The van der Waals surface area contributed by atoms with E-state index in [2.05, 4.69) is 42.2 Å². The van der Waals surface area contributed by atoms with Crippen LogP contribution in [-0.4, -0.2) is 33.9 Å². The van der Waals surface area contributed by atoms with E-state index in [0.29, 0.717) is 30.5 Å². The van der Waals surface area contributed by atoms with Gasteiger partial charge in [0.15, 0.2) is 0 Å². The molecule has 0 bridgehead atoms. The Hall–Kier alpha value is -2.47. The Bertz CT molecular complexity index is 1160. The van der Waals surface area contributed by atoms with Gasteiger partial charge in [0.25, 0.3) is 5.56 Å². The molecule has 1 amide bonds. The van der Waals surface area contributed by atoms with Crippen LogP contribution in [0.15, 0.2) is 35.1 Å². The maximum Gasteiger partial charge on any atom is 0.259 e. The number of aromatic amines is 1. The molecule has 2 aliphatic rings. The van der Waals surface area contributed by atoms with E-state index in [0.717, 1.165) is 61.8 Å². The van der Waals surface area contributed by atoms with E-state index in [1.54, 1.807) is 11.3 Å². The minimum Gasteiger partial charge on any atom is -0.343 e. The molecule has 1 aromatic carbocycles. The van der Waals surface area contributed by atoms with E-state index in [4.69, 9.17) is 4.98 Å². The van der Waals surface area contributed by atoms with Crippen molar-refractivity contribution in [1.82, 2.24) is 14.9 Å². The monoisotopic (exact) mass is 449 g/mol.